The number of nitrogens with zero attached hydrogens (tertiary/aromatic N) is 1. The molecule has 0 heterocycles. The average Bonchev–Trinajstić information content (AvgIpc) is 2.76. The van der Waals surface area contributed by atoms with Gasteiger partial charge in [-0.3, -0.25) is 0 Å². The lowest BCUT2D eigenvalue weighted by Crippen LogP contribution is -2.52. The summed E-state index contributed by atoms with van der Waals surface area (Å²) in [4.78, 5) is 2.47. The van der Waals surface area contributed by atoms with E-state index in [1.807, 2.05) is 0 Å². The monoisotopic (exact) mass is 238 g/mol. The van der Waals surface area contributed by atoms with Crippen LogP contribution in [0.25, 0.3) is 0 Å². The van der Waals surface area contributed by atoms with Gasteiger partial charge in [0.2, 0.25) is 0 Å². The Kier molecular flexibility index (Phi) is 4.48. The smallest absolute Gasteiger partial charge is 0.0327 e. The van der Waals surface area contributed by atoms with Gasteiger partial charge >= 0.3 is 0 Å². The lowest BCUT2D eigenvalue weighted by atomic mass is 9.86. The zero-order valence-corrected chi connectivity index (χ0v) is 12.0. The molecule has 2 nitrogen and oxygen atoms in total. The third-order valence-corrected chi connectivity index (χ3v) is 5.14. The van der Waals surface area contributed by atoms with Crippen LogP contribution < -0.4 is 5.32 Å². The second-order valence-electron chi connectivity index (χ2n) is 6.68. The summed E-state index contributed by atoms with van der Waals surface area (Å²) in [6.07, 6.45) is 11.3. The van der Waals surface area contributed by atoms with E-state index in [0.29, 0.717) is 5.54 Å². The highest BCUT2D eigenvalue weighted by atomic mass is 15.2. The molecule has 2 aliphatic carbocycles. The number of likely N-dealkylation sites (N-methyl/N-ethyl adjacent to an activating group) is 1. The zero-order valence-electron chi connectivity index (χ0n) is 12.0. The maximum atomic E-state index is 3.87. The minimum atomic E-state index is 0.459. The van der Waals surface area contributed by atoms with E-state index < -0.39 is 0 Å². The van der Waals surface area contributed by atoms with Crippen LogP contribution in [0.15, 0.2) is 0 Å². The number of rotatable bonds is 4. The van der Waals surface area contributed by atoms with Crippen LogP contribution >= 0.6 is 0 Å². The summed E-state index contributed by atoms with van der Waals surface area (Å²) in [5.74, 6) is 0.931. The largest absolute Gasteiger partial charge is 0.312 e. The molecule has 0 saturated heterocycles. The van der Waals surface area contributed by atoms with Crippen LogP contribution in [0.3, 0.4) is 0 Å². The lowest BCUT2D eigenvalue weighted by Gasteiger charge is -2.39. The molecule has 17 heavy (non-hydrogen) atoms. The quantitative estimate of drug-likeness (QED) is 0.810. The summed E-state index contributed by atoms with van der Waals surface area (Å²) >= 11 is 0. The molecule has 0 amide bonds. The van der Waals surface area contributed by atoms with Gasteiger partial charge in [0.25, 0.3) is 0 Å². The van der Waals surface area contributed by atoms with Gasteiger partial charge in [-0.2, -0.15) is 0 Å². The molecule has 0 aliphatic heterocycles. The molecule has 0 spiro atoms. The molecule has 2 saturated carbocycles. The Morgan fingerprint density at radius 3 is 2.41 bits per heavy atom. The molecule has 0 aromatic carbocycles. The predicted octanol–water partition coefficient (Wildman–Crippen LogP) is 3.03. The van der Waals surface area contributed by atoms with E-state index >= 15 is 0 Å². The van der Waals surface area contributed by atoms with Gasteiger partial charge in [-0.25, -0.2) is 0 Å². The zero-order chi connectivity index (χ0) is 12.3. The van der Waals surface area contributed by atoms with Crippen molar-refractivity contribution in [1.82, 2.24) is 10.2 Å². The van der Waals surface area contributed by atoms with Gasteiger partial charge in [-0.1, -0.05) is 32.6 Å². The van der Waals surface area contributed by atoms with Crippen molar-refractivity contribution in [2.24, 2.45) is 5.92 Å². The van der Waals surface area contributed by atoms with Gasteiger partial charge in [0.05, 0.1) is 0 Å². The molecule has 0 aromatic rings. The molecule has 2 fully saturated rings. The molecular weight excluding hydrogens is 208 g/mol. The van der Waals surface area contributed by atoms with Crippen molar-refractivity contribution in [3.05, 3.63) is 0 Å². The van der Waals surface area contributed by atoms with Crippen molar-refractivity contribution in [1.29, 1.82) is 0 Å². The van der Waals surface area contributed by atoms with E-state index in [1.165, 1.54) is 57.9 Å². The second kappa shape index (κ2) is 5.71. The standard InChI is InChI=1S/C15H30N2/c1-13-7-6-8-14(11-13)16-12-15(17(2)3)9-4-5-10-15/h13-14,16H,4-12H2,1-3H3. The Morgan fingerprint density at radius 1 is 1.12 bits per heavy atom. The van der Waals surface area contributed by atoms with Crippen LogP contribution in [-0.4, -0.2) is 37.1 Å². The second-order valence-corrected chi connectivity index (χ2v) is 6.68. The molecule has 1 N–H and O–H groups in total. The van der Waals surface area contributed by atoms with Gasteiger partial charge in [0, 0.05) is 18.1 Å². The fourth-order valence-electron chi connectivity index (χ4n) is 3.77. The van der Waals surface area contributed by atoms with E-state index in [-0.39, 0.29) is 0 Å². The average molecular weight is 238 g/mol. The van der Waals surface area contributed by atoms with Crippen LogP contribution in [0.4, 0.5) is 0 Å². The van der Waals surface area contributed by atoms with Crippen molar-refractivity contribution < 1.29 is 0 Å². The van der Waals surface area contributed by atoms with Gasteiger partial charge in [0.1, 0.15) is 0 Å². The molecule has 2 aliphatic rings. The summed E-state index contributed by atoms with van der Waals surface area (Å²) in [6.45, 7) is 3.61. The topological polar surface area (TPSA) is 15.3 Å². The first-order chi connectivity index (χ1) is 8.12. The summed E-state index contributed by atoms with van der Waals surface area (Å²) in [5.41, 5.74) is 0.459. The maximum absolute atomic E-state index is 3.87. The van der Waals surface area contributed by atoms with Crippen LogP contribution in [-0.2, 0) is 0 Å². The maximum Gasteiger partial charge on any atom is 0.0327 e. The fourth-order valence-corrected chi connectivity index (χ4v) is 3.77. The van der Waals surface area contributed by atoms with Gasteiger partial charge < -0.3 is 10.2 Å². The van der Waals surface area contributed by atoms with E-state index in [2.05, 4.69) is 31.2 Å². The first-order valence-corrected chi connectivity index (χ1v) is 7.53. The molecule has 0 radical (unpaired) electrons. The number of hydrogen-bond acceptors (Lipinski definition) is 2. The van der Waals surface area contributed by atoms with Crippen molar-refractivity contribution >= 4 is 0 Å². The van der Waals surface area contributed by atoms with E-state index in [0.717, 1.165) is 12.0 Å². The molecule has 0 aromatic heterocycles. The molecule has 100 valence electrons. The van der Waals surface area contributed by atoms with Crippen LogP contribution in [0, 0.1) is 5.92 Å². The third-order valence-electron chi connectivity index (χ3n) is 5.14. The minimum absolute atomic E-state index is 0.459. The van der Waals surface area contributed by atoms with Crippen LogP contribution in [0.2, 0.25) is 0 Å². The van der Waals surface area contributed by atoms with Crippen molar-refractivity contribution in [2.45, 2.75) is 69.9 Å². The fraction of sp³-hybridized carbons (Fsp3) is 1.00. The summed E-state index contributed by atoms with van der Waals surface area (Å²) in [7, 11) is 4.52. The molecule has 2 unspecified atom stereocenters. The number of nitrogens with one attached hydrogen (secondary N) is 1. The Morgan fingerprint density at radius 2 is 1.82 bits per heavy atom. The molecule has 0 bridgehead atoms. The summed E-state index contributed by atoms with van der Waals surface area (Å²) in [6, 6.07) is 0.788. The van der Waals surface area contributed by atoms with E-state index in [1.54, 1.807) is 0 Å². The Balaban J connectivity index is 1.83. The van der Waals surface area contributed by atoms with Crippen molar-refractivity contribution in [2.75, 3.05) is 20.6 Å². The van der Waals surface area contributed by atoms with Gasteiger partial charge in [-0.05, 0) is 45.7 Å². The Hall–Kier alpha value is -0.0800. The molecule has 2 rings (SSSR count). The van der Waals surface area contributed by atoms with Gasteiger partial charge in [0.15, 0.2) is 0 Å². The normalized spacial score (nSPS) is 33.2. The Bertz CT molecular complexity index is 231. The third kappa shape index (κ3) is 3.23. The van der Waals surface area contributed by atoms with Crippen LogP contribution in [0.1, 0.15) is 58.3 Å². The Labute approximate surface area is 107 Å². The highest BCUT2D eigenvalue weighted by Gasteiger charge is 2.36. The van der Waals surface area contributed by atoms with Crippen molar-refractivity contribution in [3.63, 3.8) is 0 Å². The highest BCUT2D eigenvalue weighted by molar-refractivity contribution is 4.95. The molecular formula is C15H30N2. The van der Waals surface area contributed by atoms with Crippen molar-refractivity contribution in [3.8, 4) is 0 Å². The summed E-state index contributed by atoms with van der Waals surface area (Å²) < 4.78 is 0. The van der Waals surface area contributed by atoms with E-state index in [9.17, 15) is 0 Å². The first kappa shape index (κ1) is 13.4. The minimum Gasteiger partial charge on any atom is -0.312 e. The van der Waals surface area contributed by atoms with E-state index in [4.69, 9.17) is 0 Å². The lowest BCUT2D eigenvalue weighted by molar-refractivity contribution is 0.142. The molecule has 2 atom stereocenters. The summed E-state index contributed by atoms with van der Waals surface area (Å²) in [5, 5.41) is 3.87. The molecule has 2 heteroatoms. The predicted molar refractivity (Wildman–Crippen MR) is 74.3 cm³/mol. The number of hydrogen-bond donors (Lipinski definition) is 1. The highest BCUT2D eigenvalue weighted by Crippen LogP contribution is 2.33. The van der Waals surface area contributed by atoms with Crippen LogP contribution in [0.5, 0.6) is 0 Å². The SMILES string of the molecule is CC1CCCC(NCC2(N(C)C)CCCC2)C1. The van der Waals surface area contributed by atoms with Gasteiger partial charge in [-0.15, -0.1) is 0 Å². The first-order valence-electron chi connectivity index (χ1n) is 7.53.